The third-order valence-electron chi connectivity index (χ3n) is 4.92. The topological polar surface area (TPSA) is 71.1 Å². The van der Waals surface area contributed by atoms with Crippen molar-refractivity contribution in [2.75, 3.05) is 13.1 Å². The van der Waals surface area contributed by atoms with Crippen LogP contribution >= 0.6 is 0 Å². The van der Waals surface area contributed by atoms with Gasteiger partial charge in [0.05, 0.1) is 6.04 Å². The fourth-order valence-corrected chi connectivity index (χ4v) is 3.47. The van der Waals surface area contributed by atoms with Crippen molar-refractivity contribution in [2.24, 2.45) is 0 Å². The van der Waals surface area contributed by atoms with Crippen LogP contribution in [0.5, 0.6) is 0 Å². The van der Waals surface area contributed by atoms with Crippen LogP contribution < -0.4 is 5.43 Å². The summed E-state index contributed by atoms with van der Waals surface area (Å²) in [6.45, 7) is 8.59. The fraction of sp³-hybridized carbons (Fsp3) is 0.600. The van der Waals surface area contributed by atoms with Crippen LogP contribution in [0, 0.1) is 0 Å². The van der Waals surface area contributed by atoms with E-state index in [4.69, 9.17) is 9.47 Å². The lowest BCUT2D eigenvalue weighted by Crippen LogP contribution is -2.48. The number of carbonyl (C=O) groups is 2. The van der Waals surface area contributed by atoms with Crippen LogP contribution in [0.2, 0.25) is 0 Å². The van der Waals surface area contributed by atoms with Crippen molar-refractivity contribution in [2.45, 2.75) is 64.3 Å². The van der Waals surface area contributed by atoms with E-state index in [0.29, 0.717) is 25.9 Å². The highest BCUT2D eigenvalue weighted by molar-refractivity contribution is 5.70. The van der Waals surface area contributed by atoms with E-state index < -0.39 is 11.3 Å². The van der Waals surface area contributed by atoms with Gasteiger partial charge >= 0.3 is 12.2 Å². The standard InChI is InChI=1S/C20H29N3O4/c1-15(16-9-6-5-7-10-16)23-18(25)27-20(21-23)11-8-13-22(14-12-20)17(24)26-19(2,3)4/h5-7,9-10,15,21H,8,11-14H2,1-4H3. The van der Waals surface area contributed by atoms with Crippen LogP contribution in [-0.4, -0.2) is 46.5 Å². The maximum absolute atomic E-state index is 12.5. The number of hydrogen-bond donors (Lipinski definition) is 1. The summed E-state index contributed by atoms with van der Waals surface area (Å²) in [4.78, 5) is 26.6. The lowest BCUT2D eigenvalue weighted by Gasteiger charge is -2.29. The number of likely N-dealkylation sites (tertiary alicyclic amines) is 1. The molecule has 2 amide bonds. The van der Waals surface area contributed by atoms with Crippen molar-refractivity contribution in [1.29, 1.82) is 0 Å². The van der Waals surface area contributed by atoms with Gasteiger partial charge in [0, 0.05) is 25.9 Å². The molecule has 148 valence electrons. The average Bonchev–Trinajstić information content (AvgIpc) is 2.79. The Kier molecular flexibility index (Phi) is 5.33. The summed E-state index contributed by atoms with van der Waals surface area (Å²) in [6.07, 6.45) is 1.20. The number of nitrogens with zero attached hydrogens (tertiary/aromatic N) is 2. The second-order valence-corrected chi connectivity index (χ2v) is 8.25. The molecule has 1 aromatic rings. The molecule has 2 saturated heterocycles. The third kappa shape index (κ3) is 4.53. The number of ether oxygens (including phenoxy) is 2. The smallest absolute Gasteiger partial charge is 0.426 e. The molecule has 3 rings (SSSR count). The van der Waals surface area contributed by atoms with Gasteiger partial charge in [-0.25, -0.2) is 14.6 Å². The first-order chi connectivity index (χ1) is 12.7. The van der Waals surface area contributed by atoms with E-state index in [1.165, 1.54) is 0 Å². The van der Waals surface area contributed by atoms with Gasteiger partial charge in [-0.1, -0.05) is 30.3 Å². The maximum atomic E-state index is 12.5. The van der Waals surface area contributed by atoms with Crippen LogP contribution in [0.4, 0.5) is 9.59 Å². The molecule has 2 fully saturated rings. The van der Waals surface area contributed by atoms with Gasteiger partial charge in [0.25, 0.3) is 0 Å². The molecule has 0 radical (unpaired) electrons. The molecule has 1 aromatic carbocycles. The minimum Gasteiger partial charge on any atom is -0.444 e. The Morgan fingerprint density at radius 2 is 1.93 bits per heavy atom. The highest BCUT2D eigenvalue weighted by Crippen LogP contribution is 2.33. The second-order valence-electron chi connectivity index (χ2n) is 8.25. The molecule has 2 aliphatic heterocycles. The molecule has 2 aliphatic rings. The Hall–Kier alpha value is -2.28. The SMILES string of the molecule is CC(c1ccccc1)N1NC2(CCCN(C(=O)OC(C)(C)C)CC2)OC1=O. The number of hydrazine groups is 1. The zero-order valence-corrected chi connectivity index (χ0v) is 16.5. The van der Waals surface area contributed by atoms with Gasteiger partial charge in [-0.15, -0.1) is 0 Å². The van der Waals surface area contributed by atoms with Crippen molar-refractivity contribution in [1.82, 2.24) is 15.3 Å². The molecular weight excluding hydrogens is 346 g/mol. The number of benzene rings is 1. The van der Waals surface area contributed by atoms with Crippen LogP contribution in [0.3, 0.4) is 0 Å². The van der Waals surface area contributed by atoms with Crippen molar-refractivity contribution in [3.8, 4) is 0 Å². The summed E-state index contributed by atoms with van der Waals surface area (Å²) in [7, 11) is 0. The van der Waals surface area contributed by atoms with Crippen LogP contribution in [0.25, 0.3) is 0 Å². The van der Waals surface area contributed by atoms with Crippen molar-refractivity contribution < 1.29 is 19.1 Å². The minimum absolute atomic E-state index is 0.150. The summed E-state index contributed by atoms with van der Waals surface area (Å²) >= 11 is 0. The molecule has 27 heavy (non-hydrogen) atoms. The third-order valence-corrected chi connectivity index (χ3v) is 4.92. The van der Waals surface area contributed by atoms with Gasteiger partial charge in [0.15, 0.2) is 5.72 Å². The van der Waals surface area contributed by atoms with Crippen LogP contribution in [0.15, 0.2) is 30.3 Å². The van der Waals surface area contributed by atoms with E-state index in [2.05, 4.69) is 5.43 Å². The summed E-state index contributed by atoms with van der Waals surface area (Å²) in [5.74, 6) is 0. The molecule has 1 spiro atoms. The monoisotopic (exact) mass is 375 g/mol. The molecular formula is C20H29N3O4. The summed E-state index contributed by atoms with van der Waals surface area (Å²) in [5.41, 5.74) is 3.02. The first-order valence-corrected chi connectivity index (χ1v) is 9.52. The molecule has 2 heterocycles. The molecule has 0 saturated carbocycles. The Morgan fingerprint density at radius 3 is 2.59 bits per heavy atom. The van der Waals surface area contributed by atoms with Gasteiger partial charge < -0.3 is 14.4 Å². The van der Waals surface area contributed by atoms with E-state index in [-0.39, 0.29) is 18.2 Å². The van der Waals surface area contributed by atoms with Gasteiger partial charge in [-0.05, 0) is 39.7 Å². The first-order valence-electron chi connectivity index (χ1n) is 9.52. The zero-order chi connectivity index (χ0) is 19.7. The number of nitrogens with one attached hydrogen (secondary N) is 1. The Morgan fingerprint density at radius 1 is 1.22 bits per heavy atom. The van der Waals surface area contributed by atoms with Gasteiger partial charge in [-0.3, -0.25) is 0 Å². The number of rotatable bonds is 2. The van der Waals surface area contributed by atoms with Gasteiger partial charge in [0.1, 0.15) is 5.60 Å². The zero-order valence-electron chi connectivity index (χ0n) is 16.5. The van der Waals surface area contributed by atoms with Crippen LogP contribution in [0.1, 0.15) is 58.6 Å². The average molecular weight is 375 g/mol. The lowest BCUT2D eigenvalue weighted by molar-refractivity contribution is 0.00729. The summed E-state index contributed by atoms with van der Waals surface area (Å²) < 4.78 is 11.2. The van der Waals surface area contributed by atoms with Crippen LogP contribution in [-0.2, 0) is 9.47 Å². The van der Waals surface area contributed by atoms with E-state index in [9.17, 15) is 9.59 Å². The quantitative estimate of drug-likeness (QED) is 0.851. The normalized spacial score (nSPS) is 24.5. The molecule has 0 aromatic heterocycles. The predicted molar refractivity (Wildman–Crippen MR) is 101 cm³/mol. The predicted octanol–water partition coefficient (Wildman–Crippen LogP) is 3.82. The Balaban J connectivity index is 1.66. The van der Waals surface area contributed by atoms with E-state index in [0.717, 1.165) is 12.0 Å². The number of carbonyl (C=O) groups excluding carboxylic acids is 2. The van der Waals surface area contributed by atoms with E-state index >= 15 is 0 Å². The molecule has 7 nitrogen and oxygen atoms in total. The second kappa shape index (κ2) is 7.38. The minimum atomic E-state index is -0.767. The fourth-order valence-electron chi connectivity index (χ4n) is 3.47. The van der Waals surface area contributed by atoms with Gasteiger partial charge in [0.2, 0.25) is 0 Å². The van der Waals surface area contributed by atoms with Crippen molar-refractivity contribution in [3.05, 3.63) is 35.9 Å². The van der Waals surface area contributed by atoms with Gasteiger partial charge in [-0.2, -0.15) is 5.43 Å². The molecule has 2 atom stereocenters. The largest absolute Gasteiger partial charge is 0.444 e. The Labute approximate surface area is 160 Å². The number of hydrogen-bond acceptors (Lipinski definition) is 5. The van der Waals surface area contributed by atoms with Crippen molar-refractivity contribution in [3.63, 3.8) is 0 Å². The first kappa shape index (κ1) is 19.5. The summed E-state index contributed by atoms with van der Waals surface area (Å²) in [6, 6.07) is 9.68. The molecule has 2 unspecified atom stereocenters. The van der Waals surface area contributed by atoms with E-state index in [1.807, 2.05) is 58.0 Å². The molecule has 7 heteroatoms. The van der Waals surface area contributed by atoms with E-state index in [1.54, 1.807) is 9.91 Å². The van der Waals surface area contributed by atoms with Crippen molar-refractivity contribution >= 4 is 12.2 Å². The number of amides is 2. The molecule has 0 aliphatic carbocycles. The highest BCUT2D eigenvalue weighted by Gasteiger charge is 2.47. The Bertz CT molecular complexity index is 688. The molecule has 1 N–H and O–H groups in total. The summed E-state index contributed by atoms with van der Waals surface area (Å²) in [5, 5.41) is 1.55. The lowest BCUT2D eigenvalue weighted by atomic mass is 10.1. The maximum Gasteiger partial charge on any atom is 0.426 e. The molecule has 0 bridgehead atoms. The highest BCUT2D eigenvalue weighted by atomic mass is 16.6.